The molecular formula is C20H29N3O3S. The average Bonchev–Trinajstić information content (AvgIpc) is 3.08. The van der Waals surface area contributed by atoms with Gasteiger partial charge in [-0.15, -0.1) is 0 Å². The Morgan fingerprint density at radius 1 is 1.41 bits per heavy atom. The first-order valence-corrected chi connectivity index (χ1v) is 10.9. The molecule has 3 heterocycles. The Kier molecular flexibility index (Phi) is 5.41. The van der Waals surface area contributed by atoms with Gasteiger partial charge in [-0.2, -0.15) is 11.3 Å². The van der Waals surface area contributed by atoms with E-state index in [1.165, 1.54) is 5.56 Å². The maximum Gasteiger partial charge on any atom is 0.317 e. The molecule has 148 valence electrons. The van der Waals surface area contributed by atoms with Gasteiger partial charge in [-0.25, -0.2) is 4.79 Å². The lowest BCUT2D eigenvalue weighted by molar-refractivity contribution is -0.130. The first-order chi connectivity index (χ1) is 13.1. The molecule has 1 aromatic rings. The van der Waals surface area contributed by atoms with Crippen molar-refractivity contribution in [3.05, 3.63) is 22.4 Å². The van der Waals surface area contributed by atoms with Crippen molar-refractivity contribution in [2.45, 2.75) is 45.2 Å². The first kappa shape index (κ1) is 18.7. The van der Waals surface area contributed by atoms with Crippen molar-refractivity contribution in [3.8, 4) is 0 Å². The Morgan fingerprint density at radius 2 is 2.22 bits per heavy atom. The van der Waals surface area contributed by atoms with Gasteiger partial charge in [0.15, 0.2) is 0 Å². The number of hydrogen-bond donors (Lipinski definition) is 1. The monoisotopic (exact) mass is 391 g/mol. The molecule has 2 saturated heterocycles. The van der Waals surface area contributed by atoms with Crippen LogP contribution >= 0.6 is 11.3 Å². The zero-order chi connectivity index (χ0) is 18.9. The summed E-state index contributed by atoms with van der Waals surface area (Å²) in [6.07, 6.45) is 4.09. The molecular weight excluding hydrogens is 362 g/mol. The minimum absolute atomic E-state index is 0.0515. The van der Waals surface area contributed by atoms with Gasteiger partial charge >= 0.3 is 6.03 Å². The Balaban J connectivity index is 1.27. The van der Waals surface area contributed by atoms with Gasteiger partial charge in [-0.1, -0.05) is 0 Å². The highest BCUT2D eigenvalue weighted by atomic mass is 32.1. The summed E-state index contributed by atoms with van der Waals surface area (Å²) in [5.41, 5.74) is 1.43. The predicted octanol–water partition coefficient (Wildman–Crippen LogP) is 2.70. The van der Waals surface area contributed by atoms with Crippen LogP contribution in [0.4, 0.5) is 4.79 Å². The predicted molar refractivity (Wildman–Crippen MR) is 105 cm³/mol. The summed E-state index contributed by atoms with van der Waals surface area (Å²) in [6.45, 7) is 6.23. The summed E-state index contributed by atoms with van der Waals surface area (Å²) >= 11 is 1.67. The lowest BCUT2D eigenvalue weighted by Crippen LogP contribution is -2.47. The van der Waals surface area contributed by atoms with Crippen molar-refractivity contribution in [1.29, 1.82) is 0 Å². The summed E-state index contributed by atoms with van der Waals surface area (Å²) in [5.74, 6) is 0.612. The maximum atomic E-state index is 12.4. The molecule has 3 fully saturated rings. The second-order valence-corrected chi connectivity index (χ2v) is 9.04. The van der Waals surface area contributed by atoms with Crippen LogP contribution in [-0.2, 0) is 16.1 Å². The van der Waals surface area contributed by atoms with Crippen molar-refractivity contribution in [1.82, 2.24) is 15.1 Å². The van der Waals surface area contributed by atoms with Gasteiger partial charge in [0.1, 0.15) is 0 Å². The van der Waals surface area contributed by atoms with E-state index in [0.29, 0.717) is 25.0 Å². The largest absolute Gasteiger partial charge is 0.381 e. The first-order valence-electron chi connectivity index (χ1n) is 9.96. The van der Waals surface area contributed by atoms with E-state index >= 15 is 0 Å². The number of piperidine rings is 1. The van der Waals surface area contributed by atoms with Gasteiger partial charge in [0.05, 0.1) is 6.61 Å². The molecule has 1 aliphatic carbocycles. The van der Waals surface area contributed by atoms with Crippen LogP contribution in [0.15, 0.2) is 16.8 Å². The number of urea groups is 1. The van der Waals surface area contributed by atoms with Crippen LogP contribution in [0.1, 0.15) is 38.2 Å². The summed E-state index contributed by atoms with van der Waals surface area (Å²) in [4.78, 5) is 28.6. The number of carbonyl (C=O) groups is 2. The molecule has 6 nitrogen and oxygen atoms in total. The zero-order valence-corrected chi connectivity index (χ0v) is 16.8. The Labute approximate surface area is 164 Å². The molecule has 1 saturated carbocycles. The molecule has 1 aromatic heterocycles. The van der Waals surface area contributed by atoms with Crippen LogP contribution in [0.3, 0.4) is 0 Å². The molecule has 0 bridgehead atoms. The fraction of sp³-hybridized carbons (Fsp3) is 0.700. The Bertz CT molecular complexity index is 664. The highest BCUT2D eigenvalue weighted by Gasteiger charge is 2.58. The summed E-state index contributed by atoms with van der Waals surface area (Å²) < 4.78 is 5.36. The molecule has 3 amide bonds. The van der Waals surface area contributed by atoms with Gasteiger partial charge in [-0.05, 0) is 53.5 Å². The molecule has 2 aliphatic heterocycles. The Morgan fingerprint density at radius 3 is 2.85 bits per heavy atom. The standard InChI is InChI=1S/C20H29N3O3S/c1-15(24)23(12-17-3-9-27-14-17)18-10-20(18)4-6-22(7-5-20)19(25)21-11-16-2-8-26-13-16/h3,9,14,16,18H,2,4-8,10-13H2,1H3,(H,21,25)/t16-,18-/m1/s1. The van der Waals surface area contributed by atoms with Gasteiger partial charge in [0.25, 0.3) is 0 Å². The van der Waals surface area contributed by atoms with E-state index in [1.807, 2.05) is 9.80 Å². The van der Waals surface area contributed by atoms with E-state index in [2.05, 4.69) is 22.1 Å². The second kappa shape index (κ2) is 7.80. The molecule has 0 radical (unpaired) electrons. The smallest absolute Gasteiger partial charge is 0.317 e. The molecule has 7 heteroatoms. The molecule has 1 spiro atoms. The Hall–Kier alpha value is -1.60. The van der Waals surface area contributed by atoms with Crippen LogP contribution in [0, 0.1) is 11.3 Å². The number of nitrogens with one attached hydrogen (secondary N) is 1. The SMILES string of the molecule is CC(=O)N(Cc1ccsc1)[C@@H]1CC12CCN(C(=O)NC[C@H]1CCOC1)CC2. The lowest BCUT2D eigenvalue weighted by atomic mass is 9.92. The average molecular weight is 392 g/mol. The molecule has 1 N–H and O–H groups in total. The van der Waals surface area contributed by atoms with Crippen molar-refractivity contribution in [2.24, 2.45) is 11.3 Å². The molecule has 0 aromatic carbocycles. The lowest BCUT2D eigenvalue weighted by Gasteiger charge is -2.35. The van der Waals surface area contributed by atoms with E-state index in [0.717, 1.165) is 52.0 Å². The van der Waals surface area contributed by atoms with Crippen LogP contribution in [0.25, 0.3) is 0 Å². The van der Waals surface area contributed by atoms with Crippen molar-refractivity contribution in [2.75, 3.05) is 32.8 Å². The van der Waals surface area contributed by atoms with Crippen LogP contribution < -0.4 is 5.32 Å². The van der Waals surface area contributed by atoms with Crippen molar-refractivity contribution in [3.63, 3.8) is 0 Å². The van der Waals surface area contributed by atoms with E-state index in [4.69, 9.17) is 4.74 Å². The molecule has 3 aliphatic rings. The fourth-order valence-corrected chi connectivity index (χ4v) is 5.23. The number of ether oxygens (including phenoxy) is 1. The van der Waals surface area contributed by atoms with Crippen LogP contribution in [0.5, 0.6) is 0 Å². The van der Waals surface area contributed by atoms with Gasteiger partial charge < -0.3 is 19.9 Å². The third-order valence-corrected chi connectivity index (χ3v) is 7.20. The third kappa shape index (κ3) is 4.14. The molecule has 2 atom stereocenters. The second-order valence-electron chi connectivity index (χ2n) is 8.26. The van der Waals surface area contributed by atoms with Crippen LogP contribution in [-0.4, -0.2) is 60.6 Å². The topological polar surface area (TPSA) is 61.9 Å². The van der Waals surface area contributed by atoms with E-state index in [-0.39, 0.29) is 17.4 Å². The number of amides is 3. The highest BCUT2D eigenvalue weighted by molar-refractivity contribution is 7.07. The van der Waals surface area contributed by atoms with Crippen LogP contribution in [0.2, 0.25) is 0 Å². The number of likely N-dealkylation sites (tertiary alicyclic amines) is 1. The number of thiophene rings is 1. The number of carbonyl (C=O) groups excluding carboxylic acids is 2. The van der Waals surface area contributed by atoms with E-state index in [9.17, 15) is 9.59 Å². The quantitative estimate of drug-likeness (QED) is 0.839. The van der Waals surface area contributed by atoms with Crippen molar-refractivity contribution >= 4 is 23.3 Å². The van der Waals surface area contributed by atoms with Gasteiger partial charge in [0, 0.05) is 51.7 Å². The highest BCUT2D eigenvalue weighted by Crippen LogP contribution is 2.57. The number of rotatable bonds is 5. The maximum absolute atomic E-state index is 12.4. The van der Waals surface area contributed by atoms with E-state index in [1.54, 1.807) is 18.3 Å². The minimum Gasteiger partial charge on any atom is -0.381 e. The van der Waals surface area contributed by atoms with Gasteiger partial charge in [-0.3, -0.25) is 4.79 Å². The molecule has 4 rings (SSSR count). The summed E-state index contributed by atoms with van der Waals surface area (Å²) in [6, 6.07) is 2.48. The molecule has 27 heavy (non-hydrogen) atoms. The summed E-state index contributed by atoms with van der Waals surface area (Å²) in [7, 11) is 0. The van der Waals surface area contributed by atoms with E-state index < -0.39 is 0 Å². The third-order valence-electron chi connectivity index (χ3n) is 6.47. The fourth-order valence-electron chi connectivity index (χ4n) is 4.57. The zero-order valence-electron chi connectivity index (χ0n) is 16.0. The van der Waals surface area contributed by atoms with Gasteiger partial charge in [0.2, 0.25) is 5.91 Å². The summed E-state index contributed by atoms with van der Waals surface area (Å²) in [5, 5.41) is 7.25. The minimum atomic E-state index is 0.0515. The normalized spacial score (nSPS) is 26.2. The van der Waals surface area contributed by atoms with Crippen molar-refractivity contribution < 1.29 is 14.3 Å². The molecule has 0 unspecified atom stereocenters. The number of nitrogens with zero attached hydrogens (tertiary/aromatic N) is 2. The number of hydrogen-bond acceptors (Lipinski definition) is 4.